The van der Waals surface area contributed by atoms with Gasteiger partial charge in [0.15, 0.2) is 0 Å². The maximum Gasteiger partial charge on any atom is 0.237 e. The van der Waals surface area contributed by atoms with Crippen LogP contribution in [0, 0.1) is 0 Å². The predicted molar refractivity (Wildman–Crippen MR) is 104 cm³/mol. The number of hydrogen-bond donors (Lipinski definition) is 1. The molecule has 0 unspecified atom stereocenters. The first-order chi connectivity index (χ1) is 13.6. The number of aromatic nitrogens is 4. The largest absolute Gasteiger partial charge is 0.368 e. The Hall–Kier alpha value is -3.16. The summed E-state index contributed by atoms with van der Waals surface area (Å²) in [7, 11) is 0. The van der Waals surface area contributed by atoms with Gasteiger partial charge in [-0.05, 0) is 25.0 Å². The number of aryl methyl sites for hydroxylation is 1. The number of para-hydroxylation sites is 2. The van der Waals surface area contributed by atoms with Gasteiger partial charge in [0, 0.05) is 44.4 Å². The van der Waals surface area contributed by atoms with Gasteiger partial charge in [0.1, 0.15) is 12.4 Å². The van der Waals surface area contributed by atoms with Gasteiger partial charge < -0.3 is 19.8 Å². The summed E-state index contributed by atoms with van der Waals surface area (Å²) in [4.78, 5) is 34.8. The third-order valence-corrected chi connectivity index (χ3v) is 5.31. The van der Waals surface area contributed by atoms with Crippen LogP contribution in [-0.4, -0.2) is 48.9 Å². The summed E-state index contributed by atoms with van der Waals surface area (Å²) in [6.45, 7) is 2.11. The second-order valence-electron chi connectivity index (χ2n) is 7.24. The zero-order chi connectivity index (χ0) is 19.5. The van der Waals surface area contributed by atoms with Gasteiger partial charge in [0.2, 0.25) is 11.8 Å². The summed E-state index contributed by atoms with van der Waals surface area (Å²) in [5.74, 6) is 0.698. The van der Waals surface area contributed by atoms with Crippen molar-refractivity contribution in [3.63, 3.8) is 0 Å². The van der Waals surface area contributed by atoms with Crippen molar-refractivity contribution in [1.82, 2.24) is 24.0 Å². The molecule has 1 aromatic carbocycles. The molecule has 0 spiro atoms. The van der Waals surface area contributed by atoms with Crippen LogP contribution >= 0.6 is 0 Å². The van der Waals surface area contributed by atoms with E-state index >= 15 is 0 Å². The van der Waals surface area contributed by atoms with Crippen LogP contribution in [0.1, 0.15) is 31.0 Å². The Bertz CT molecular complexity index is 991. The van der Waals surface area contributed by atoms with E-state index in [9.17, 15) is 9.59 Å². The summed E-state index contributed by atoms with van der Waals surface area (Å²) in [5.41, 5.74) is 7.30. The average Bonchev–Trinajstić information content (AvgIpc) is 3.32. The maximum atomic E-state index is 12.8. The lowest BCUT2D eigenvalue weighted by Crippen LogP contribution is -2.40. The van der Waals surface area contributed by atoms with E-state index in [1.165, 1.54) is 0 Å². The van der Waals surface area contributed by atoms with Crippen molar-refractivity contribution in [3.8, 4) is 0 Å². The first-order valence-corrected chi connectivity index (χ1v) is 9.59. The summed E-state index contributed by atoms with van der Waals surface area (Å²) < 4.78 is 3.81. The molecule has 0 radical (unpaired) electrons. The van der Waals surface area contributed by atoms with Crippen molar-refractivity contribution in [2.45, 2.75) is 38.3 Å². The predicted octanol–water partition coefficient (Wildman–Crippen LogP) is 1.51. The van der Waals surface area contributed by atoms with Crippen molar-refractivity contribution in [3.05, 3.63) is 48.8 Å². The molecule has 8 nitrogen and oxygen atoms in total. The number of nitrogens with zero attached hydrogens (tertiary/aromatic N) is 5. The fourth-order valence-corrected chi connectivity index (χ4v) is 3.96. The molecule has 1 aliphatic heterocycles. The van der Waals surface area contributed by atoms with Crippen LogP contribution in [-0.2, 0) is 22.7 Å². The first kappa shape index (κ1) is 18.2. The van der Waals surface area contributed by atoms with Gasteiger partial charge in [-0.2, -0.15) is 0 Å². The molecule has 0 aliphatic carbocycles. The Balaban J connectivity index is 1.40. The van der Waals surface area contributed by atoms with E-state index in [0.717, 1.165) is 36.2 Å². The molecule has 2 aromatic heterocycles. The van der Waals surface area contributed by atoms with Gasteiger partial charge in [-0.25, -0.2) is 9.97 Å². The summed E-state index contributed by atoms with van der Waals surface area (Å²) in [6.07, 6.45) is 7.55. The minimum absolute atomic E-state index is 0.119. The Labute approximate surface area is 163 Å². The van der Waals surface area contributed by atoms with Crippen molar-refractivity contribution in [2.24, 2.45) is 5.73 Å². The number of hydrogen-bond acceptors (Lipinski definition) is 4. The number of likely N-dealkylation sites (tertiary alicyclic amines) is 1. The van der Waals surface area contributed by atoms with Crippen LogP contribution in [0.15, 0.2) is 43.0 Å². The molecule has 2 N–H and O–H groups in total. The van der Waals surface area contributed by atoms with E-state index in [1.54, 1.807) is 23.3 Å². The van der Waals surface area contributed by atoms with Crippen molar-refractivity contribution in [1.29, 1.82) is 0 Å². The molecule has 3 aromatic rings. The number of amides is 2. The molecule has 146 valence electrons. The zero-order valence-corrected chi connectivity index (χ0v) is 15.7. The number of rotatable bonds is 6. The first-order valence-electron chi connectivity index (χ1n) is 9.59. The highest BCUT2D eigenvalue weighted by Gasteiger charge is 2.27. The number of imidazole rings is 2. The van der Waals surface area contributed by atoms with Gasteiger partial charge in [-0.1, -0.05) is 12.1 Å². The summed E-state index contributed by atoms with van der Waals surface area (Å²) in [5, 5.41) is 0. The molecule has 1 aliphatic rings. The Morgan fingerprint density at radius 1 is 1.18 bits per heavy atom. The number of benzene rings is 1. The van der Waals surface area contributed by atoms with Gasteiger partial charge in [-0.3, -0.25) is 9.59 Å². The van der Waals surface area contributed by atoms with E-state index < -0.39 is 5.91 Å². The maximum absolute atomic E-state index is 12.8. The third-order valence-electron chi connectivity index (χ3n) is 5.31. The van der Waals surface area contributed by atoms with Crippen LogP contribution < -0.4 is 5.73 Å². The highest BCUT2D eigenvalue weighted by Crippen LogP contribution is 2.26. The van der Waals surface area contributed by atoms with Crippen LogP contribution in [0.2, 0.25) is 0 Å². The standard InChI is InChI=1S/C20H24N6O2/c21-18(27)13-25-11-8-22-20(25)15-4-3-9-24(12-15)19(28)7-10-26-14-23-16-5-1-2-6-17(16)26/h1-2,5-6,8,11,14-15H,3-4,7,9-10,12-13H2,(H2,21,27)/t15-/m0/s1. The van der Waals surface area contributed by atoms with E-state index in [1.807, 2.05) is 33.7 Å². The fourth-order valence-electron chi connectivity index (χ4n) is 3.96. The van der Waals surface area contributed by atoms with Crippen LogP contribution in [0.25, 0.3) is 11.0 Å². The Morgan fingerprint density at radius 3 is 2.89 bits per heavy atom. The molecule has 3 heterocycles. The molecule has 4 rings (SSSR count). The van der Waals surface area contributed by atoms with Gasteiger partial charge in [0.05, 0.1) is 17.4 Å². The molecule has 1 saturated heterocycles. The highest BCUT2D eigenvalue weighted by molar-refractivity contribution is 5.78. The molecule has 2 amide bonds. The number of nitrogens with two attached hydrogens (primary N) is 1. The minimum atomic E-state index is -0.393. The van der Waals surface area contributed by atoms with E-state index in [2.05, 4.69) is 9.97 Å². The minimum Gasteiger partial charge on any atom is -0.368 e. The molecular weight excluding hydrogens is 356 g/mol. The second kappa shape index (κ2) is 7.84. The van der Waals surface area contributed by atoms with Crippen LogP contribution in [0.4, 0.5) is 0 Å². The number of primary amides is 1. The summed E-state index contributed by atoms with van der Waals surface area (Å²) >= 11 is 0. The highest BCUT2D eigenvalue weighted by atomic mass is 16.2. The Kier molecular flexibility index (Phi) is 5.10. The molecule has 8 heteroatoms. The lowest BCUT2D eigenvalue weighted by molar-refractivity contribution is -0.132. The van der Waals surface area contributed by atoms with Crippen molar-refractivity contribution >= 4 is 22.8 Å². The lowest BCUT2D eigenvalue weighted by Gasteiger charge is -2.32. The number of carbonyl (C=O) groups is 2. The van der Waals surface area contributed by atoms with Gasteiger partial charge in [-0.15, -0.1) is 0 Å². The Morgan fingerprint density at radius 2 is 2.04 bits per heavy atom. The number of carbonyl (C=O) groups excluding carboxylic acids is 2. The van der Waals surface area contributed by atoms with Crippen LogP contribution in [0.5, 0.6) is 0 Å². The quantitative estimate of drug-likeness (QED) is 0.701. The average molecular weight is 380 g/mol. The fraction of sp³-hybridized carbons (Fsp3) is 0.400. The normalized spacial score (nSPS) is 17.1. The zero-order valence-electron chi connectivity index (χ0n) is 15.7. The van der Waals surface area contributed by atoms with Crippen molar-refractivity contribution < 1.29 is 9.59 Å². The number of fused-ring (bicyclic) bond motifs is 1. The lowest BCUT2D eigenvalue weighted by atomic mass is 9.96. The monoisotopic (exact) mass is 380 g/mol. The van der Waals surface area contributed by atoms with E-state index in [4.69, 9.17) is 5.73 Å². The third kappa shape index (κ3) is 3.76. The molecule has 28 heavy (non-hydrogen) atoms. The number of piperidine rings is 1. The second-order valence-corrected chi connectivity index (χ2v) is 7.24. The van der Waals surface area contributed by atoms with E-state index in [-0.39, 0.29) is 18.4 Å². The molecule has 0 saturated carbocycles. The molecule has 1 fully saturated rings. The molecule has 1 atom stereocenters. The van der Waals surface area contributed by atoms with Gasteiger partial charge >= 0.3 is 0 Å². The van der Waals surface area contributed by atoms with Crippen molar-refractivity contribution in [2.75, 3.05) is 13.1 Å². The smallest absolute Gasteiger partial charge is 0.237 e. The molecular formula is C20H24N6O2. The van der Waals surface area contributed by atoms with E-state index in [0.29, 0.717) is 19.5 Å². The topological polar surface area (TPSA) is 99.0 Å². The summed E-state index contributed by atoms with van der Waals surface area (Å²) in [6, 6.07) is 7.92. The van der Waals surface area contributed by atoms with Crippen LogP contribution in [0.3, 0.4) is 0 Å². The van der Waals surface area contributed by atoms with Gasteiger partial charge in [0.25, 0.3) is 0 Å². The molecule has 0 bridgehead atoms. The SMILES string of the molecule is NC(=O)Cn1ccnc1[C@H]1CCCN(C(=O)CCn2cnc3ccccc32)C1.